The number of rotatable bonds is 5. The van der Waals surface area contributed by atoms with Gasteiger partial charge < -0.3 is 14.7 Å². The Labute approximate surface area is 113 Å². The lowest BCUT2D eigenvalue weighted by Gasteiger charge is -2.26. The molecule has 0 bridgehead atoms. The Hall–Kier alpha value is -1.85. The van der Waals surface area contributed by atoms with Gasteiger partial charge in [0.05, 0.1) is 6.54 Å². The zero-order chi connectivity index (χ0) is 14.6. The Bertz CT molecular complexity index is 454. The summed E-state index contributed by atoms with van der Waals surface area (Å²) in [6.45, 7) is 7.36. The molecule has 0 aliphatic carbocycles. The van der Waals surface area contributed by atoms with Gasteiger partial charge in [0, 0.05) is 20.0 Å². The van der Waals surface area contributed by atoms with Gasteiger partial charge in [0.15, 0.2) is 0 Å². The molecule has 0 aliphatic heterocycles. The minimum absolute atomic E-state index is 0.0258. The highest BCUT2D eigenvalue weighted by Crippen LogP contribution is 2.09. The van der Waals surface area contributed by atoms with Gasteiger partial charge in [-0.2, -0.15) is 0 Å². The van der Waals surface area contributed by atoms with Crippen LogP contribution in [0.4, 0.5) is 0 Å². The van der Waals surface area contributed by atoms with E-state index >= 15 is 0 Å². The second kappa shape index (κ2) is 6.36. The number of carbonyl (C=O) groups is 2. The number of likely N-dealkylation sites (N-methyl/N-ethyl adjacent to an activating group) is 1. The van der Waals surface area contributed by atoms with Crippen LogP contribution in [0.3, 0.4) is 0 Å². The van der Waals surface area contributed by atoms with Crippen LogP contribution in [0, 0.1) is 12.8 Å². The van der Waals surface area contributed by atoms with Crippen molar-refractivity contribution in [3.05, 3.63) is 17.5 Å². The van der Waals surface area contributed by atoms with Crippen molar-refractivity contribution in [2.45, 2.75) is 40.3 Å². The van der Waals surface area contributed by atoms with E-state index in [-0.39, 0.29) is 17.7 Å². The van der Waals surface area contributed by atoms with E-state index in [1.165, 1.54) is 11.8 Å². The molecule has 0 spiro atoms. The summed E-state index contributed by atoms with van der Waals surface area (Å²) in [6.07, 6.45) is 0. The van der Waals surface area contributed by atoms with Gasteiger partial charge in [0.2, 0.25) is 11.8 Å². The predicted octanol–water partition coefficient (Wildman–Crippen LogP) is 1.10. The molecule has 6 nitrogen and oxygen atoms in total. The quantitative estimate of drug-likeness (QED) is 0.867. The first-order valence-corrected chi connectivity index (χ1v) is 6.25. The van der Waals surface area contributed by atoms with Crippen molar-refractivity contribution in [2.24, 2.45) is 5.92 Å². The zero-order valence-electron chi connectivity index (χ0n) is 12.1. The SMILES string of the molecule is CC(=O)NC(C(=O)N(C)Cc1cc(C)on1)C(C)C. The molecule has 1 rings (SSSR count). The third-order valence-corrected chi connectivity index (χ3v) is 2.74. The van der Waals surface area contributed by atoms with Crippen LogP contribution in [-0.2, 0) is 16.1 Å². The van der Waals surface area contributed by atoms with Gasteiger partial charge in [-0.15, -0.1) is 0 Å². The summed E-state index contributed by atoms with van der Waals surface area (Å²) < 4.78 is 4.96. The topological polar surface area (TPSA) is 75.4 Å². The van der Waals surface area contributed by atoms with E-state index in [1.54, 1.807) is 20.0 Å². The molecule has 1 unspecified atom stereocenters. The molecule has 0 fully saturated rings. The summed E-state index contributed by atoms with van der Waals surface area (Å²) in [6, 6.07) is 1.27. The molecule has 0 saturated heterocycles. The van der Waals surface area contributed by atoms with Gasteiger partial charge in [-0.3, -0.25) is 9.59 Å². The van der Waals surface area contributed by atoms with E-state index in [1.807, 2.05) is 13.8 Å². The molecule has 0 aliphatic rings. The molecule has 6 heteroatoms. The molecule has 0 aromatic carbocycles. The lowest BCUT2D eigenvalue weighted by atomic mass is 10.0. The predicted molar refractivity (Wildman–Crippen MR) is 70.2 cm³/mol. The highest BCUT2D eigenvalue weighted by molar-refractivity contribution is 5.86. The fourth-order valence-corrected chi connectivity index (χ4v) is 1.78. The van der Waals surface area contributed by atoms with Gasteiger partial charge in [-0.1, -0.05) is 19.0 Å². The van der Waals surface area contributed by atoms with Gasteiger partial charge in [-0.05, 0) is 12.8 Å². The summed E-state index contributed by atoms with van der Waals surface area (Å²) in [7, 11) is 1.68. The first-order valence-electron chi connectivity index (χ1n) is 6.25. The molecule has 0 radical (unpaired) electrons. The average Bonchev–Trinajstić information content (AvgIpc) is 2.70. The first-order chi connectivity index (χ1) is 8.81. The van der Waals surface area contributed by atoms with Gasteiger partial charge in [0.1, 0.15) is 17.5 Å². The molecule has 19 heavy (non-hydrogen) atoms. The lowest BCUT2D eigenvalue weighted by molar-refractivity contribution is -0.136. The maximum atomic E-state index is 12.3. The van der Waals surface area contributed by atoms with Crippen LogP contribution in [0.25, 0.3) is 0 Å². The van der Waals surface area contributed by atoms with Crippen molar-refractivity contribution in [3.63, 3.8) is 0 Å². The molecule has 1 aromatic heterocycles. The first kappa shape index (κ1) is 15.2. The minimum Gasteiger partial charge on any atom is -0.361 e. The fraction of sp³-hybridized carbons (Fsp3) is 0.615. The molecule has 1 N–H and O–H groups in total. The highest BCUT2D eigenvalue weighted by atomic mass is 16.5. The maximum Gasteiger partial charge on any atom is 0.245 e. The third-order valence-electron chi connectivity index (χ3n) is 2.74. The minimum atomic E-state index is -0.518. The summed E-state index contributed by atoms with van der Waals surface area (Å²) in [5.74, 6) is 0.389. The number of carbonyl (C=O) groups excluding carboxylic acids is 2. The second-order valence-electron chi connectivity index (χ2n) is 5.05. The van der Waals surface area contributed by atoms with Gasteiger partial charge >= 0.3 is 0 Å². The molecule has 0 saturated carbocycles. The van der Waals surface area contributed by atoms with E-state index in [4.69, 9.17) is 4.52 Å². The number of hydrogen-bond donors (Lipinski definition) is 1. The van der Waals surface area contributed by atoms with Crippen LogP contribution in [0.5, 0.6) is 0 Å². The largest absolute Gasteiger partial charge is 0.361 e. The zero-order valence-corrected chi connectivity index (χ0v) is 12.1. The van der Waals surface area contributed by atoms with Gasteiger partial charge in [-0.25, -0.2) is 0 Å². The fourth-order valence-electron chi connectivity index (χ4n) is 1.78. The summed E-state index contributed by atoms with van der Waals surface area (Å²) in [4.78, 5) is 25.0. The van der Waals surface area contributed by atoms with Crippen LogP contribution < -0.4 is 5.32 Å². The molecule has 1 atom stereocenters. The maximum absolute atomic E-state index is 12.3. The number of aromatic nitrogens is 1. The van der Waals surface area contributed by atoms with Crippen molar-refractivity contribution in [2.75, 3.05) is 7.05 Å². The number of hydrogen-bond acceptors (Lipinski definition) is 4. The Kier molecular flexibility index (Phi) is 5.09. The van der Waals surface area contributed by atoms with Crippen LogP contribution in [0.15, 0.2) is 10.6 Å². The molecule has 2 amide bonds. The lowest BCUT2D eigenvalue weighted by Crippen LogP contribution is -2.49. The van der Waals surface area contributed by atoms with Crippen LogP contribution in [-0.4, -0.2) is 35.0 Å². The van der Waals surface area contributed by atoms with Crippen molar-refractivity contribution in [1.82, 2.24) is 15.4 Å². The van der Waals surface area contributed by atoms with Gasteiger partial charge in [0.25, 0.3) is 0 Å². The Morgan fingerprint density at radius 1 is 1.47 bits per heavy atom. The average molecular weight is 267 g/mol. The highest BCUT2D eigenvalue weighted by Gasteiger charge is 2.26. The summed E-state index contributed by atoms with van der Waals surface area (Å²) in [5, 5.41) is 6.52. The standard InChI is InChI=1S/C13H21N3O3/c1-8(2)12(14-10(4)17)13(18)16(5)7-11-6-9(3)19-15-11/h6,8,12H,7H2,1-5H3,(H,14,17). The number of nitrogens with zero attached hydrogens (tertiary/aromatic N) is 2. The van der Waals surface area contributed by atoms with Crippen molar-refractivity contribution >= 4 is 11.8 Å². The monoisotopic (exact) mass is 267 g/mol. The van der Waals surface area contributed by atoms with Crippen molar-refractivity contribution in [1.29, 1.82) is 0 Å². The molecule has 106 valence electrons. The second-order valence-corrected chi connectivity index (χ2v) is 5.05. The van der Waals surface area contributed by atoms with E-state index in [9.17, 15) is 9.59 Å². The van der Waals surface area contributed by atoms with Crippen LogP contribution in [0.1, 0.15) is 32.2 Å². The Morgan fingerprint density at radius 2 is 2.11 bits per heavy atom. The number of amides is 2. The normalized spacial score (nSPS) is 12.3. The Balaban J connectivity index is 2.70. The molecule has 1 heterocycles. The van der Waals surface area contributed by atoms with E-state index < -0.39 is 6.04 Å². The van der Waals surface area contributed by atoms with Crippen molar-refractivity contribution in [3.8, 4) is 0 Å². The van der Waals surface area contributed by atoms with Crippen molar-refractivity contribution < 1.29 is 14.1 Å². The number of aryl methyl sites for hydroxylation is 1. The molecular formula is C13H21N3O3. The smallest absolute Gasteiger partial charge is 0.245 e. The molecular weight excluding hydrogens is 246 g/mol. The van der Waals surface area contributed by atoms with Crippen LogP contribution in [0.2, 0.25) is 0 Å². The molecule has 1 aromatic rings. The van der Waals surface area contributed by atoms with E-state index in [0.29, 0.717) is 18.0 Å². The Morgan fingerprint density at radius 3 is 2.53 bits per heavy atom. The van der Waals surface area contributed by atoms with E-state index in [2.05, 4.69) is 10.5 Å². The van der Waals surface area contributed by atoms with E-state index in [0.717, 1.165) is 0 Å². The summed E-state index contributed by atoms with van der Waals surface area (Å²) in [5.41, 5.74) is 0.693. The third kappa shape index (κ3) is 4.39. The number of nitrogens with one attached hydrogen (secondary N) is 1. The van der Waals surface area contributed by atoms with Crippen LogP contribution >= 0.6 is 0 Å². The summed E-state index contributed by atoms with van der Waals surface area (Å²) >= 11 is 0.